The van der Waals surface area contributed by atoms with Crippen molar-refractivity contribution in [3.63, 3.8) is 0 Å². The number of nitrogens with zero attached hydrogens (tertiary/aromatic N) is 3. The first kappa shape index (κ1) is 31.4. The van der Waals surface area contributed by atoms with Crippen LogP contribution in [0.15, 0.2) is 110 Å². The number of aryl methyl sites for hydroxylation is 1. The Bertz CT molecular complexity index is 1980. The third-order valence-corrected chi connectivity index (χ3v) is 12.9. The number of hydrogen-bond acceptors (Lipinski definition) is 1. The molecule has 0 bridgehead atoms. The standard InChI is InChI=1S/C43H49N3Si/c1-29-25-38-36(21-20-32-17-14-23-44-42(32)40-26-33(22-24-45(29)40)31-15-10-9-11-16-31)34-18-12-13-19-35(34)39-27-37(30(2)43(3,4)5)41(28-46(38)39)47(6,7)8/h9-19,22-24,26-28,30,36,38H,1,20-21,25H2,2-8H3/q+2. The highest BCUT2D eigenvalue weighted by Gasteiger charge is 2.44. The molecule has 2 aliphatic heterocycles. The fourth-order valence-corrected chi connectivity index (χ4v) is 9.54. The van der Waals surface area contributed by atoms with Gasteiger partial charge in [-0.1, -0.05) is 102 Å². The van der Waals surface area contributed by atoms with Gasteiger partial charge in [0.25, 0.3) is 0 Å². The van der Waals surface area contributed by atoms with E-state index in [1.807, 2.05) is 6.20 Å². The molecule has 2 aliphatic rings. The smallest absolute Gasteiger partial charge is 0.237 e. The Morgan fingerprint density at radius 2 is 1.62 bits per heavy atom. The number of fused-ring (bicyclic) bond motifs is 9. The molecule has 47 heavy (non-hydrogen) atoms. The maximum atomic E-state index is 5.01. The van der Waals surface area contributed by atoms with Crippen LogP contribution in [0.3, 0.4) is 0 Å². The Labute approximate surface area is 282 Å². The molecule has 3 atom stereocenters. The normalized spacial score (nSPS) is 18.2. The van der Waals surface area contributed by atoms with Crippen LogP contribution in [0, 0.1) is 5.41 Å². The van der Waals surface area contributed by atoms with Crippen LogP contribution in [0.1, 0.15) is 75.1 Å². The number of allylic oxidation sites excluding steroid dienone is 1. The summed E-state index contributed by atoms with van der Waals surface area (Å²) in [5, 5.41) is 1.58. The van der Waals surface area contributed by atoms with Crippen molar-refractivity contribution in [2.75, 3.05) is 0 Å². The molecule has 3 aromatic heterocycles. The van der Waals surface area contributed by atoms with Crippen LogP contribution in [-0.4, -0.2) is 13.1 Å². The summed E-state index contributed by atoms with van der Waals surface area (Å²) in [7, 11) is -1.68. The zero-order chi connectivity index (χ0) is 33.1. The van der Waals surface area contributed by atoms with E-state index in [1.165, 1.54) is 39.1 Å². The molecular formula is C43H49N3Si+2. The minimum absolute atomic E-state index is 0.176. The van der Waals surface area contributed by atoms with E-state index in [0.29, 0.717) is 11.8 Å². The van der Waals surface area contributed by atoms with Crippen molar-refractivity contribution in [1.29, 1.82) is 0 Å². The maximum Gasteiger partial charge on any atom is 0.237 e. The highest BCUT2D eigenvalue weighted by Crippen LogP contribution is 2.45. The van der Waals surface area contributed by atoms with E-state index < -0.39 is 8.07 Å². The fraction of sp³-hybridized carbons (Fsp3) is 0.326. The van der Waals surface area contributed by atoms with E-state index in [-0.39, 0.29) is 11.5 Å². The highest BCUT2D eigenvalue weighted by atomic mass is 28.3. The lowest BCUT2D eigenvalue weighted by molar-refractivity contribution is -0.719. The number of hydrogen-bond donors (Lipinski definition) is 0. The molecule has 4 heteroatoms. The van der Waals surface area contributed by atoms with Crippen LogP contribution in [0.2, 0.25) is 19.6 Å². The van der Waals surface area contributed by atoms with Gasteiger partial charge in [0, 0.05) is 41.1 Å². The summed E-state index contributed by atoms with van der Waals surface area (Å²) in [6, 6.07) is 31.6. The van der Waals surface area contributed by atoms with Gasteiger partial charge < -0.3 is 0 Å². The first-order chi connectivity index (χ1) is 22.4. The Balaban J connectivity index is 1.44. The van der Waals surface area contributed by atoms with Crippen molar-refractivity contribution < 1.29 is 9.13 Å². The summed E-state index contributed by atoms with van der Waals surface area (Å²) in [6.45, 7) is 21.9. The first-order valence-corrected chi connectivity index (χ1v) is 20.8. The summed E-state index contributed by atoms with van der Waals surface area (Å²) >= 11 is 0. The van der Waals surface area contributed by atoms with Gasteiger partial charge in [-0.15, -0.1) is 0 Å². The molecule has 2 aromatic carbocycles. The van der Waals surface area contributed by atoms with Crippen LogP contribution in [0.5, 0.6) is 0 Å². The van der Waals surface area contributed by atoms with Crippen molar-refractivity contribution >= 4 is 19.0 Å². The van der Waals surface area contributed by atoms with E-state index >= 15 is 0 Å². The summed E-state index contributed by atoms with van der Waals surface area (Å²) in [5.74, 6) is 0.809. The molecule has 0 fully saturated rings. The molecule has 0 spiro atoms. The van der Waals surface area contributed by atoms with E-state index in [4.69, 9.17) is 11.6 Å². The lowest BCUT2D eigenvalue weighted by atomic mass is 9.75. The summed E-state index contributed by atoms with van der Waals surface area (Å²) in [4.78, 5) is 5.01. The minimum Gasteiger partial charge on any atom is -0.250 e. The molecule has 0 saturated heterocycles. The monoisotopic (exact) mass is 635 g/mol. The van der Waals surface area contributed by atoms with Gasteiger partial charge in [-0.2, -0.15) is 9.13 Å². The molecule has 0 saturated carbocycles. The second-order valence-electron chi connectivity index (χ2n) is 15.9. The Hall–Kier alpha value is -4.15. The molecule has 5 aromatic rings. The van der Waals surface area contributed by atoms with Crippen molar-refractivity contribution in [2.24, 2.45) is 5.41 Å². The molecule has 3 unspecified atom stereocenters. The maximum absolute atomic E-state index is 5.01. The lowest BCUT2D eigenvalue weighted by Gasteiger charge is -2.35. The number of benzene rings is 2. The third-order valence-electron chi connectivity index (χ3n) is 10.9. The summed E-state index contributed by atoms with van der Waals surface area (Å²) in [5.41, 5.74) is 12.9. The molecular weight excluding hydrogens is 587 g/mol. The zero-order valence-corrected chi connectivity index (χ0v) is 30.2. The zero-order valence-electron chi connectivity index (χ0n) is 29.2. The molecule has 5 heterocycles. The molecule has 0 aliphatic carbocycles. The van der Waals surface area contributed by atoms with Crippen molar-refractivity contribution in [1.82, 2.24) is 4.98 Å². The second kappa shape index (κ2) is 11.8. The van der Waals surface area contributed by atoms with E-state index in [9.17, 15) is 0 Å². The Morgan fingerprint density at radius 1 is 0.872 bits per heavy atom. The molecule has 3 nitrogen and oxygen atoms in total. The quantitative estimate of drug-likeness (QED) is 0.143. The molecule has 0 radical (unpaired) electrons. The average molecular weight is 636 g/mol. The summed E-state index contributed by atoms with van der Waals surface area (Å²) in [6.07, 6.45) is 9.63. The van der Waals surface area contributed by atoms with Crippen molar-refractivity contribution in [2.45, 2.75) is 84.5 Å². The summed E-state index contributed by atoms with van der Waals surface area (Å²) < 4.78 is 4.99. The van der Waals surface area contributed by atoms with Crippen LogP contribution in [-0.2, 0) is 6.42 Å². The lowest BCUT2D eigenvalue weighted by Crippen LogP contribution is -2.55. The highest BCUT2D eigenvalue weighted by molar-refractivity contribution is 6.89. The van der Waals surface area contributed by atoms with Gasteiger partial charge in [0.1, 0.15) is 5.69 Å². The molecule has 0 amide bonds. The second-order valence-corrected chi connectivity index (χ2v) is 20.9. The predicted molar refractivity (Wildman–Crippen MR) is 198 cm³/mol. The molecule has 7 rings (SSSR count). The van der Waals surface area contributed by atoms with Gasteiger partial charge in [0.2, 0.25) is 11.4 Å². The Morgan fingerprint density at radius 3 is 2.36 bits per heavy atom. The SMILES string of the molecule is C=C1CC2C(CCc3cccnc3-c3cc(-c4ccccc4)cc[n+]31)c1ccccc1-c1cc(C(C)C(C)(C)C)c([Si](C)(C)C)c[n+]12. The Kier molecular flexibility index (Phi) is 7.91. The molecule has 0 N–H and O–H groups in total. The topological polar surface area (TPSA) is 20.6 Å². The van der Waals surface area contributed by atoms with Crippen LogP contribution >= 0.6 is 0 Å². The van der Waals surface area contributed by atoms with Crippen LogP contribution in [0.4, 0.5) is 0 Å². The number of rotatable bonds is 3. The van der Waals surface area contributed by atoms with Gasteiger partial charge in [-0.25, -0.2) is 4.98 Å². The minimum atomic E-state index is -1.68. The first-order valence-electron chi connectivity index (χ1n) is 17.3. The van der Waals surface area contributed by atoms with E-state index in [2.05, 4.69) is 154 Å². The number of pyridine rings is 3. The third kappa shape index (κ3) is 5.71. The van der Waals surface area contributed by atoms with Gasteiger partial charge in [0.15, 0.2) is 24.1 Å². The van der Waals surface area contributed by atoms with Crippen LogP contribution < -0.4 is 14.3 Å². The van der Waals surface area contributed by atoms with Gasteiger partial charge >= 0.3 is 0 Å². The van der Waals surface area contributed by atoms with Gasteiger partial charge in [-0.05, 0) is 70.7 Å². The van der Waals surface area contributed by atoms with Crippen molar-refractivity contribution in [3.8, 4) is 33.8 Å². The largest absolute Gasteiger partial charge is 0.250 e. The van der Waals surface area contributed by atoms with E-state index in [1.54, 1.807) is 5.19 Å². The van der Waals surface area contributed by atoms with Crippen LogP contribution in [0.25, 0.3) is 39.5 Å². The average Bonchev–Trinajstić information content (AvgIpc) is 3.06. The predicted octanol–water partition coefficient (Wildman–Crippen LogP) is 9.50. The van der Waals surface area contributed by atoms with Gasteiger partial charge in [-0.3, -0.25) is 0 Å². The number of aromatic nitrogens is 3. The fourth-order valence-electron chi connectivity index (χ4n) is 7.86. The molecule has 238 valence electrons. The van der Waals surface area contributed by atoms with Gasteiger partial charge in [0.05, 0.1) is 14.5 Å². The van der Waals surface area contributed by atoms with E-state index in [0.717, 1.165) is 36.3 Å². The van der Waals surface area contributed by atoms with Crippen molar-refractivity contribution in [3.05, 3.63) is 127 Å².